The highest BCUT2D eigenvalue weighted by Gasteiger charge is 2.28. The Morgan fingerprint density at radius 2 is 2.17 bits per heavy atom. The van der Waals surface area contributed by atoms with Crippen molar-refractivity contribution in [3.8, 4) is 0 Å². The first-order valence-corrected chi connectivity index (χ1v) is 6.55. The molecule has 0 aromatic rings. The molecule has 0 aromatic heterocycles. The molecule has 2 unspecified atom stereocenters. The van der Waals surface area contributed by atoms with Gasteiger partial charge in [0.05, 0.1) is 12.0 Å². The van der Waals surface area contributed by atoms with E-state index in [-0.39, 0.29) is 6.10 Å². The maximum Gasteiger partial charge on any atom is 0.254 e. The van der Waals surface area contributed by atoms with Crippen LogP contribution in [0.25, 0.3) is 0 Å². The van der Waals surface area contributed by atoms with Crippen LogP contribution in [0.3, 0.4) is 0 Å². The van der Waals surface area contributed by atoms with Crippen molar-refractivity contribution in [1.29, 1.82) is 0 Å². The maximum atomic E-state index is 12.7. The Hall–Kier alpha value is 0.750. The van der Waals surface area contributed by atoms with Crippen LogP contribution in [0.5, 0.6) is 0 Å². The zero-order valence-corrected chi connectivity index (χ0v) is 9.20. The lowest BCUT2D eigenvalue weighted by atomic mass is 10.5. The fraction of sp³-hybridized carbons (Fsp3) is 1.00. The summed E-state index contributed by atoms with van der Waals surface area (Å²) in [5.74, 6) is -2.14. The second kappa shape index (κ2) is 5.47. The van der Waals surface area contributed by atoms with Crippen LogP contribution in [0.4, 0.5) is 4.39 Å². The molecule has 0 fully saturated rings. The van der Waals surface area contributed by atoms with E-state index in [1.54, 1.807) is 13.8 Å². The Labute approximate surface area is 80.9 Å². The molecular formula is C5H11ClFO3PS. The topological polar surface area (TPSA) is 38.7 Å². The standard InChI is InChI=1S/C5H11ClFO3PS/c1-4(2)9-10-11(8,12)5(7)3-6/h4-5H,3H2,1-2H3,(H,8,12). The van der Waals surface area contributed by atoms with Crippen LogP contribution >= 0.6 is 18.1 Å². The molecule has 7 heteroatoms. The Morgan fingerprint density at radius 1 is 1.67 bits per heavy atom. The Kier molecular flexibility index (Phi) is 5.82. The molecule has 3 nitrogen and oxygen atoms in total. The second-order valence-corrected chi connectivity index (χ2v) is 6.09. The van der Waals surface area contributed by atoms with Crippen LogP contribution in [-0.4, -0.2) is 22.8 Å². The van der Waals surface area contributed by atoms with E-state index in [1.165, 1.54) is 0 Å². The first kappa shape index (κ1) is 12.8. The van der Waals surface area contributed by atoms with Gasteiger partial charge < -0.3 is 4.89 Å². The number of hydrogen-bond acceptors (Lipinski definition) is 3. The predicted octanol–water partition coefficient (Wildman–Crippen LogP) is 2.18. The van der Waals surface area contributed by atoms with E-state index in [9.17, 15) is 4.39 Å². The smallest absolute Gasteiger partial charge is 0.254 e. The number of rotatable bonds is 5. The molecule has 0 aliphatic carbocycles. The fourth-order valence-electron chi connectivity index (χ4n) is 0.282. The van der Waals surface area contributed by atoms with E-state index < -0.39 is 18.3 Å². The van der Waals surface area contributed by atoms with Gasteiger partial charge in [-0.1, -0.05) is 0 Å². The van der Waals surface area contributed by atoms with Crippen molar-refractivity contribution < 1.29 is 18.8 Å². The van der Waals surface area contributed by atoms with Gasteiger partial charge in [0.2, 0.25) is 0 Å². The third-order valence-corrected chi connectivity index (χ3v) is 3.37. The molecule has 0 aromatic carbocycles. The lowest BCUT2D eigenvalue weighted by molar-refractivity contribution is -0.236. The highest BCUT2D eigenvalue weighted by molar-refractivity contribution is 8.09. The molecule has 0 aliphatic rings. The molecule has 0 aliphatic heterocycles. The summed E-state index contributed by atoms with van der Waals surface area (Å²) in [6, 6.07) is 0. The molecule has 0 radical (unpaired) electrons. The summed E-state index contributed by atoms with van der Waals surface area (Å²) in [6.45, 7) is -0.185. The Bertz CT molecular complexity index is 180. The summed E-state index contributed by atoms with van der Waals surface area (Å²) in [5, 5.41) is 0. The van der Waals surface area contributed by atoms with Gasteiger partial charge in [0, 0.05) is 0 Å². The lowest BCUT2D eigenvalue weighted by Crippen LogP contribution is -2.09. The van der Waals surface area contributed by atoms with E-state index >= 15 is 0 Å². The van der Waals surface area contributed by atoms with Gasteiger partial charge >= 0.3 is 0 Å². The van der Waals surface area contributed by atoms with E-state index in [1.807, 2.05) is 0 Å². The van der Waals surface area contributed by atoms with E-state index in [2.05, 4.69) is 21.4 Å². The van der Waals surface area contributed by atoms with Crippen LogP contribution in [-0.2, 0) is 21.4 Å². The first-order chi connectivity index (χ1) is 5.40. The average Bonchev–Trinajstić information content (AvgIpc) is 1.99. The van der Waals surface area contributed by atoms with Gasteiger partial charge in [0.1, 0.15) is 0 Å². The Morgan fingerprint density at radius 3 is 2.50 bits per heavy atom. The molecule has 0 bridgehead atoms. The highest BCUT2D eigenvalue weighted by Crippen LogP contribution is 2.49. The van der Waals surface area contributed by atoms with Gasteiger partial charge in [-0.15, -0.1) is 11.6 Å². The summed E-state index contributed by atoms with van der Waals surface area (Å²) < 4.78 is 17.1. The maximum absolute atomic E-state index is 12.7. The summed E-state index contributed by atoms with van der Waals surface area (Å²) in [6.07, 6.45) is -0.276. The summed E-state index contributed by atoms with van der Waals surface area (Å²) in [4.78, 5) is 13.7. The van der Waals surface area contributed by atoms with Crippen molar-refractivity contribution in [2.75, 3.05) is 5.88 Å². The fourth-order valence-corrected chi connectivity index (χ4v) is 1.98. The van der Waals surface area contributed by atoms with Gasteiger partial charge in [0.15, 0.2) is 5.91 Å². The van der Waals surface area contributed by atoms with Crippen molar-refractivity contribution in [3.05, 3.63) is 0 Å². The number of alkyl halides is 2. The monoisotopic (exact) mass is 236 g/mol. The van der Waals surface area contributed by atoms with Gasteiger partial charge in [-0.3, -0.25) is 0 Å². The molecule has 1 N–H and O–H groups in total. The van der Waals surface area contributed by atoms with Crippen LogP contribution in [0.2, 0.25) is 0 Å². The van der Waals surface area contributed by atoms with E-state index in [0.717, 1.165) is 0 Å². The third-order valence-electron chi connectivity index (χ3n) is 0.824. The molecule has 12 heavy (non-hydrogen) atoms. The third kappa shape index (κ3) is 4.70. The average molecular weight is 237 g/mol. The largest absolute Gasteiger partial charge is 0.341 e. The van der Waals surface area contributed by atoms with Crippen molar-refractivity contribution in [2.24, 2.45) is 0 Å². The van der Waals surface area contributed by atoms with Gasteiger partial charge in [0.25, 0.3) is 6.49 Å². The molecule has 0 rings (SSSR count). The number of hydrogen-bond donors (Lipinski definition) is 1. The minimum Gasteiger partial charge on any atom is -0.341 e. The van der Waals surface area contributed by atoms with Gasteiger partial charge in [-0.2, -0.15) is 4.67 Å². The quantitative estimate of drug-likeness (QED) is 0.344. The zero-order chi connectivity index (χ0) is 9.78. The van der Waals surface area contributed by atoms with Crippen LogP contribution in [0.15, 0.2) is 0 Å². The van der Waals surface area contributed by atoms with Crippen LogP contribution < -0.4 is 0 Å². The summed E-state index contributed by atoms with van der Waals surface area (Å²) in [5.41, 5.74) is 0. The molecule has 0 saturated carbocycles. The van der Waals surface area contributed by atoms with Crippen LogP contribution in [0.1, 0.15) is 13.8 Å². The highest BCUT2D eigenvalue weighted by atomic mass is 35.5. The lowest BCUT2D eigenvalue weighted by Gasteiger charge is -2.17. The van der Waals surface area contributed by atoms with Crippen molar-refractivity contribution in [1.82, 2.24) is 0 Å². The predicted molar refractivity (Wildman–Crippen MR) is 49.4 cm³/mol. The minimum atomic E-state index is -3.52. The van der Waals surface area contributed by atoms with E-state index in [4.69, 9.17) is 16.5 Å². The molecule has 0 saturated heterocycles. The van der Waals surface area contributed by atoms with E-state index in [0.29, 0.717) is 0 Å². The second-order valence-electron chi connectivity index (χ2n) is 2.37. The van der Waals surface area contributed by atoms with Crippen molar-refractivity contribution >= 4 is 29.9 Å². The SMILES string of the molecule is CC(C)OOP(O)(=S)C(F)CCl. The molecule has 74 valence electrons. The molecule has 0 heterocycles. The van der Waals surface area contributed by atoms with Gasteiger partial charge in [-0.25, -0.2) is 9.28 Å². The normalized spacial score (nSPS) is 19.2. The molecular weight excluding hydrogens is 226 g/mol. The summed E-state index contributed by atoms with van der Waals surface area (Å²) in [7, 11) is 0. The Balaban J connectivity index is 3.96. The van der Waals surface area contributed by atoms with Crippen molar-refractivity contribution in [3.63, 3.8) is 0 Å². The molecule has 2 atom stereocenters. The van der Waals surface area contributed by atoms with Crippen molar-refractivity contribution in [2.45, 2.75) is 25.9 Å². The first-order valence-electron chi connectivity index (χ1n) is 3.27. The minimum absolute atomic E-state index is 0.276. The zero-order valence-electron chi connectivity index (χ0n) is 6.74. The van der Waals surface area contributed by atoms with Crippen LogP contribution in [0, 0.1) is 0 Å². The molecule has 0 spiro atoms. The van der Waals surface area contributed by atoms with Gasteiger partial charge in [-0.05, 0) is 25.7 Å². The number of halogens is 2. The molecule has 0 amide bonds. The summed E-state index contributed by atoms with van der Waals surface area (Å²) >= 11 is 9.59.